The molecule has 100 valence electrons. The summed E-state index contributed by atoms with van der Waals surface area (Å²) in [5.74, 6) is 0.611. The third kappa shape index (κ3) is 4.62. The SMILES string of the molecule is COCCNC(=O)C(C)Nc1cc(C)c(Br)cn1. The van der Waals surface area contributed by atoms with Crippen LogP contribution in [0.15, 0.2) is 16.7 Å². The molecule has 5 nitrogen and oxygen atoms in total. The molecule has 0 aromatic carbocycles. The summed E-state index contributed by atoms with van der Waals surface area (Å²) in [4.78, 5) is 15.9. The molecule has 1 aromatic heterocycles. The minimum absolute atomic E-state index is 0.0746. The fourth-order valence-electron chi connectivity index (χ4n) is 1.34. The fourth-order valence-corrected chi connectivity index (χ4v) is 1.55. The summed E-state index contributed by atoms with van der Waals surface area (Å²) in [6.45, 7) is 4.78. The van der Waals surface area contributed by atoms with Crippen molar-refractivity contribution in [3.63, 3.8) is 0 Å². The van der Waals surface area contributed by atoms with Crippen LogP contribution in [0.2, 0.25) is 0 Å². The summed E-state index contributed by atoms with van der Waals surface area (Å²) >= 11 is 3.38. The number of nitrogens with zero attached hydrogens (tertiary/aromatic N) is 1. The van der Waals surface area contributed by atoms with Crippen molar-refractivity contribution in [2.75, 3.05) is 25.6 Å². The van der Waals surface area contributed by atoms with Crippen LogP contribution in [-0.2, 0) is 9.53 Å². The molecule has 1 amide bonds. The number of carbonyl (C=O) groups excluding carboxylic acids is 1. The van der Waals surface area contributed by atoms with Crippen LogP contribution in [0.3, 0.4) is 0 Å². The van der Waals surface area contributed by atoms with Gasteiger partial charge in [-0.1, -0.05) is 0 Å². The van der Waals surface area contributed by atoms with Crippen LogP contribution in [0.1, 0.15) is 12.5 Å². The van der Waals surface area contributed by atoms with Gasteiger partial charge in [-0.3, -0.25) is 4.79 Å². The first kappa shape index (κ1) is 14.9. The normalized spacial score (nSPS) is 12.0. The maximum Gasteiger partial charge on any atom is 0.242 e. The van der Waals surface area contributed by atoms with Crippen molar-refractivity contribution in [3.05, 3.63) is 22.3 Å². The van der Waals surface area contributed by atoms with Crippen molar-refractivity contribution >= 4 is 27.7 Å². The van der Waals surface area contributed by atoms with E-state index < -0.39 is 0 Å². The Kier molecular flexibility index (Phi) is 6.07. The minimum Gasteiger partial charge on any atom is -0.383 e. The highest BCUT2D eigenvalue weighted by Gasteiger charge is 2.12. The van der Waals surface area contributed by atoms with Crippen LogP contribution in [0.5, 0.6) is 0 Å². The van der Waals surface area contributed by atoms with Crippen LogP contribution in [0.25, 0.3) is 0 Å². The molecular formula is C12H18BrN3O2. The number of anilines is 1. The number of rotatable bonds is 6. The maximum atomic E-state index is 11.7. The van der Waals surface area contributed by atoms with Crippen LogP contribution < -0.4 is 10.6 Å². The van der Waals surface area contributed by atoms with Crippen molar-refractivity contribution in [1.29, 1.82) is 0 Å². The molecule has 0 aliphatic rings. The first-order valence-corrected chi connectivity index (χ1v) is 6.49. The number of methoxy groups -OCH3 is 1. The highest BCUT2D eigenvalue weighted by Crippen LogP contribution is 2.17. The number of nitrogens with one attached hydrogen (secondary N) is 2. The van der Waals surface area contributed by atoms with E-state index in [-0.39, 0.29) is 11.9 Å². The van der Waals surface area contributed by atoms with Crippen LogP contribution in [0, 0.1) is 6.92 Å². The van der Waals surface area contributed by atoms with Gasteiger partial charge in [0, 0.05) is 24.3 Å². The predicted octanol–water partition coefficient (Wildman–Crippen LogP) is 1.72. The largest absolute Gasteiger partial charge is 0.383 e. The zero-order valence-corrected chi connectivity index (χ0v) is 12.4. The Morgan fingerprint density at radius 2 is 2.33 bits per heavy atom. The Labute approximate surface area is 115 Å². The average molecular weight is 316 g/mol. The van der Waals surface area contributed by atoms with Gasteiger partial charge in [0.2, 0.25) is 5.91 Å². The van der Waals surface area contributed by atoms with Crippen LogP contribution in [0.4, 0.5) is 5.82 Å². The lowest BCUT2D eigenvalue weighted by atomic mass is 10.2. The van der Waals surface area contributed by atoms with E-state index >= 15 is 0 Å². The number of halogens is 1. The second kappa shape index (κ2) is 7.33. The Hall–Kier alpha value is -1.14. The molecule has 1 aromatic rings. The number of ether oxygens (including phenoxy) is 1. The van der Waals surface area contributed by atoms with Gasteiger partial charge in [-0.25, -0.2) is 4.98 Å². The third-order valence-corrected chi connectivity index (χ3v) is 3.24. The lowest BCUT2D eigenvalue weighted by molar-refractivity contribution is -0.121. The summed E-state index contributed by atoms with van der Waals surface area (Å²) in [5, 5.41) is 5.82. The van der Waals surface area contributed by atoms with E-state index in [9.17, 15) is 4.79 Å². The van der Waals surface area contributed by atoms with Gasteiger partial charge in [0.25, 0.3) is 0 Å². The maximum absolute atomic E-state index is 11.7. The number of hydrogen-bond donors (Lipinski definition) is 2. The molecule has 1 unspecified atom stereocenters. The van der Waals surface area contributed by atoms with Crippen LogP contribution >= 0.6 is 15.9 Å². The molecule has 18 heavy (non-hydrogen) atoms. The molecule has 0 aliphatic heterocycles. The average Bonchev–Trinajstić information content (AvgIpc) is 2.34. The van der Waals surface area contributed by atoms with Gasteiger partial charge in [0.15, 0.2) is 0 Å². The molecule has 1 heterocycles. The second-order valence-corrected chi connectivity index (χ2v) is 4.82. The Morgan fingerprint density at radius 3 is 2.94 bits per heavy atom. The minimum atomic E-state index is -0.338. The highest BCUT2D eigenvalue weighted by molar-refractivity contribution is 9.10. The van der Waals surface area contributed by atoms with Crippen LogP contribution in [-0.4, -0.2) is 37.2 Å². The predicted molar refractivity (Wildman–Crippen MR) is 74.6 cm³/mol. The molecule has 0 spiro atoms. The number of pyridine rings is 1. The van der Waals surface area contributed by atoms with Crippen molar-refractivity contribution in [3.8, 4) is 0 Å². The smallest absolute Gasteiger partial charge is 0.242 e. The third-order valence-electron chi connectivity index (χ3n) is 2.41. The lowest BCUT2D eigenvalue weighted by Gasteiger charge is -2.15. The first-order valence-electron chi connectivity index (χ1n) is 5.70. The van der Waals surface area contributed by atoms with E-state index in [4.69, 9.17) is 4.74 Å². The summed E-state index contributed by atoms with van der Waals surface area (Å²) in [5.41, 5.74) is 1.07. The van der Waals surface area contributed by atoms with Gasteiger partial charge in [0.1, 0.15) is 11.9 Å². The van der Waals surface area contributed by atoms with E-state index in [1.54, 1.807) is 20.2 Å². The topological polar surface area (TPSA) is 63.2 Å². The van der Waals surface area contributed by atoms with Gasteiger partial charge in [-0.15, -0.1) is 0 Å². The molecular weight excluding hydrogens is 298 g/mol. The van der Waals surface area contributed by atoms with Crippen molar-refractivity contribution in [2.24, 2.45) is 0 Å². The van der Waals surface area contributed by atoms with Crippen molar-refractivity contribution < 1.29 is 9.53 Å². The summed E-state index contributed by atoms with van der Waals surface area (Å²) in [6, 6.07) is 1.55. The Morgan fingerprint density at radius 1 is 1.61 bits per heavy atom. The molecule has 0 saturated heterocycles. The van der Waals surface area contributed by atoms with E-state index in [0.717, 1.165) is 10.0 Å². The van der Waals surface area contributed by atoms with Gasteiger partial charge < -0.3 is 15.4 Å². The second-order valence-electron chi connectivity index (χ2n) is 3.97. The summed E-state index contributed by atoms with van der Waals surface area (Å²) in [6.07, 6.45) is 1.72. The number of aryl methyl sites for hydroxylation is 1. The monoisotopic (exact) mass is 315 g/mol. The number of amides is 1. The van der Waals surface area contributed by atoms with Gasteiger partial charge in [-0.2, -0.15) is 0 Å². The lowest BCUT2D eigenvalue weighted by Crippen LogP contribution is -2.39. The van der Waals surface area contributed by atoms with E-state index in [1.807, 2.05) is 13.0 Å². The zero-order chi connectivity index (χ0) is 13.5. The fraction of sp³-hybridized carbons (Fsp3) is 0.500. The molecule has 0 aliphatic carbocycles. The Balaban J connectivity index is 2.50. The Bertz CT molecular complexity index is 412. The van der Waals surface area contributed by atoms with Crippen molar-refractivity contribution in [2.45, 2.75) is 19.9 Å². The van der Waals surface area contributed by atoms with Gasteiger partial charge >= 0.3 is 0 Å². The van der Waals surface area contributed by atoms with E-state index in [0.29, 0.717) is 19.0 Å². The zero-order valence-electron chi connectivity index (χ0n) is 10.8. The van der Waals surface area contributed by atoms with Crippen molar-refractivity contribution in [1.82, 2.24) is 10.3 Å². The number of carbonyl (C=O) groups is 1. The molecule has 1 rings (SSSR count). The number of hydrogen-bond acceptors (Lipinski definition) is 4. The highest BCUT2D eigenvalue weighted by atomic mass is 79.9. The summed E-state index contributed by atoms with van der Waals surface area (Å²) < 4.78 is 5.82. The van der Waals surface area contributed by atoms with E-state index in [1.165, 1.54) is 0 Å². The molecule has 1 atom stereocenters. The van der Waals surface area contributed by atoms with E-state index in [2.05, 4.69) is 31.5 Å². The quantitative estimate of drug-likeness (QED) is 0.785. The molecule has 0 radical (unpaired) electrons. The summed E-state index contributed by atoms with van der Waals surface area (Å²) in [7, 11) is 1.60. The molecule has 0 fully saturated rings. The molecule has 0 bridgehead atoms. The van der Waals surface area contributed by atoms with Gasteiger partial charge in [-0.05, 0) is 41.4 Å². The van der Waals surface area contributed by atoms with Gasteiger partial charge in [0.05, 0.1) is 6.61 Å². The molecule has 6 heteroatoms. The first-order chi connectivity index (χ1) is 8.54. The number of aromatic nitrogens is 1. The molecule has 2 N–H and O–H groups in total. The molecule has 0 saturated carbocycles. The standard InChI is InChI=1S/C12H18BrN3O2/c1-8-6-11(15-7-10(8)13)16-9(2)12(17)14-4-5-18-3/h6-7,9H,4-5H2,1-3H3,(H,14,17)(H,15,16).